The summed E-state index contributed by atoms with van der Waals surface area (Å²) in [5, 5.41) is 9.12. The van der Waals surface area contributed by atoms with E-state index in [0.29, 0.717) is 17.5 Å². The number of hydrogen-bond acceptors (Lipinski definition) is 4. The van der Waals surface area contributed by atoms with Gasteiger partial charge in [0, 0.05) is 71.8 Å². The Morgan fingerprint density at radius 3 is 1.80 bits per heavy atom. The van der Waals surface area contributed by atoms with Crippen molar-refractivity contribution in [2.75, 3.05) is 0 Å². The topological polar surface area (TPSA) is 72.5 Å². The number of nitrogens with one attached hydrogen (secondary N) is 1. The summed E-state index contributed by atoms with van der Waals surface area (Å²) in [6.45, 7) is 0. The van der Waals surface area contributed by atoms with Crippen molar-refractivity contribution < 1.29 is 4.42 Å². The summed E-state index contributed by atoms with van der Waals surface area (Å²) >= 11 is 0. The molecule has 4 heterocycles. The highest BCUT2D eigenvalue weighted by atomic mass is 16.3. The van der Waals surface area contributed by atoms with Crippen LogP contribution in [0.3, 0.4) is 0 Å². The van der Waals surface area contributed by atoms with Gasteiger partial charge in [0.25, 0.3) is 0 Å². The molecular formula is C49H29N5O. The zero-order chi connectivity index (χ0) is 36.0. The van der Waals surface area contributed by atoms with E-state index in [0.717, 1.165) is 77.2 Å². The summed E-state index contributed by atoms with van der Waals surface area (Å²) < 4.78 is 9.21. The second-order valence-corrected chi connectivity index (χ2v) is 14.1. The van der Waals surface area contributed by atoms with Gasteiger partial charge in [-0.1, -0.05) is 121 Å². The molecule has 0 bridgehead atoms. The molecule has 0 fully saturated rings. The molecule has 0 aliphatic carbocycles. The van der Waals surface area contributed by atoms with E-state index in [1.807, 2.05) is 60.7 Å². The summed E-state index contributed by atoms with van der Waals surface area (Å²) in [4.78, 5) is 18.7. The average molecular weight is 704 g/mol. The molecule has 256 valence electrons. The smallest absolute Gasteiger partial charge is 0.164 e. The molecule has 0 spiro atoms. The second kappa shape index (κ2) is 11.5. The lowest BCUT2D eigenvalue weighted by atomic mass is 9.98. The SMILES string of the molecule is c1ccc(-c2nc(-c3ccccc3)nc(-c3cc4oc5cc(-n6c7ccccc7c7cc8[nH]c9ccccc9c8cc76)ccc5c4c4ccccc34)n2)cc1. The Hall–Kier alpha value is -7.57. The summed E-state index contributed by atoms with van der Waals surface area (Å²) in [6.07, 6.45) is 0. The predicted molar refractivity (Wildman–Crippen MR) is 225 cm³/mol. The predicted octanol–water partition coefficient (Wildman–Crippen LogP) is 12.7. The molecule has 0 saturated carbocycles. The van der Waals surface area contributed by atoms with E-state index in [-0.39, 0.29) is 0 Å². The molecule has 12 rings (SSSR count). The van der Waals surface area contributed by atoms with Crippen LogP contribution in [-0.4, -0.2) is 24.5 Å². The summed E-state index contributed by atoms with van der Waals surface area (Å²) in [5.74, 6) is 1.85. The highest BCUT2D eigenvalue weighted by molar-refractivity contribution is 6.22. The molecule has 0 radical (unpaired) electrons. The van der Waals surface area contributed by atoms with E-state index < -0.39 is 0 Å². The number of nitrogens with zero attached hydrogens (tertiary/aromatic N) is 4. The number of aromatic amines is 1. The molecule has 8 aromatic carbocycles. The lowest BCUT2D eigenvalue weighted by Crippen LogP contribution is -2.00. The Morgan fingerprint density at radius 2 is 1.04 bits per heavy atom. The van der Waals surface area contributed by atoms with E-state index >= 15 is 0 Å². The minimum absolute atomic E-state index is 0.598. The first-order chi connectivity index (χ1) is 27.2. The number of H-pyrrole nitrogens is 1. The second-order valence-electron chi connectivity index (χ2n) is 14.1. The van der Waals surface area contributed by atoms with Gasteiger partial charge in [0.2, 0.25) is 0 Å². The van der Waals surface area contributed by atoms with Crippen LogP contribution >= 0.6 is 0 Å². The molecule has 0 aliphatic heterocycles. The summed E-state index contributed by atoms with van der Waals surface area (Å²) in [6, 6.07) is 59.1. The Morgan fingerprint density at radius 1 is 0.400 bits per heavy atom. The van der Waals surface area contributed by atoms with E-state index in [9.17, 15) is 0 Å². The number of rotatable bonds is 4. The van der Waals surface area contributed by atoms with E-state index in [1.165, 1.54) is 21.5 Å². The fourth-order valence-corrected chi connectivity index (χ4v) is 8.47. The van der Waals surface area contributed by atoms with Gasteiger partial charge in [0.15, 0.2) is 17.5 Å². The van der Waals surface area contributed by atoms with Crippen molar-refractivity contribution in [3.63, 3.8) is 0 Å². The number of fused-ring (bicyclic) bond motifs is 11. The number of furan rings is 1. The Labute approximate surface area is 314 Å². The van der Waals surface area contributed by atoms with E-state index in [2.05, 4.69) is 119 Å². The van der Waals surface area contributed by atoms with Gasteiger partial charge < -0.3 is 14.0 Å². The lowest BCUT2D eigenvalue weighted by Gasteiger charge is -2.11. The van der Waals surface area contributed by atoms with Crippen molar-refractivity contribution in [1.82, 2.24) is 24.5 Å². The van der Waals surface area contributed by atoms with Crippen LogP contribution in [0, 0.1) is 0 Å². The third kappa shape index (κ3) is 4.52. The molecule has 0 atom stereocenters. The van der Waals surface area contributed by atoms with Crippen molar-refractivity contribution in [3.05, 3.63) is 170 Å². The van der Waals surface area contributed by atoms with Crippen LogP contribution in [0.1, 0.15) is 0 Å². The lowest BCUT2D eigenvalue weighted by molar-refractivity contribution is 0.669. The van der Waals surface area contributed by atoms with Gasteiger partial charge in [0.05, 0.1) is 11.0 Å². The maximum atomic E-state index is 6.84. The number of hydrogen-bond donors (Lipinski definition) is 1. The molecule has 6 heteroatoms. The highest BCUT2D eigenvalue weighted by Gasteiger charge is 2.21. The summed E-state index contributed by atoms with van der Waals surface area (Å²) in [5.41, 5.74) is 9.98. The van der Waals surface area contributed by atoms with Crippen LogP contribution in [0.15, 0.2) is 174 Å². The normalized spacial score (nSPS) is 12.0. The standard InChI is InChI=1S/C49H29N5O/c1-3-13-29(14-4-1)47-51-48(30-15-5-2-6-16-30)53-49(52-47)39-28-45-46(35-20-8-7-17-32(35)39)36-24-23-31(25-44(36)55-45)54-42-22-12-10-19-34(42)38-26-41-37(27-43(38)54)33-18-9-11-21-40(33)50-41/h1-28,50H. The van der Waals surface area contributed by atoms with Crippen molar-refractivity contribution in [2.45, 2.75) is 0 Å². The first-order valence-corrected chi connectivity index (χ1v) is 18.4. The Bertz CT molecular complexity index is 3430. The number of para-hydroxylation sites is 2. The average Bonchev–Trinajstić information content (AvgIpc) is 3.91. The van der Waals surface area contributed by atoms with Gasteiger partial charge in [-0.3, -0.25) is 0 Å². The Balaban J connectivity index is 1.09. The number of benzene rings is 8. The quantitative estimate of drug-likeness (QED) is 0.198. The molecule has 1 N–H and O–H groups in total. The van der Waals surface area contributed by atoms with Gasteiger partial charge in [-0.05, 0) is 53.2 Å². The van der Waals surface area contributed by atoms with Gasteiger partial charge in [-0.15, -0.1) is 0 Å². The van der Waals surface area contributed by atoms with Gasteiger partial charge in [-0.2, -0.15) is 0 Å². The fourth-order valence-electron chi connectivity index (χ4n) is 8.47. The molecule has 0 saturated heterocycles. The van der Waals surface area contributed by atoms with Gasteiger partial charge in [0.1, 0.15) is 11.2 Å². The monoisotopic (exact) mass is 703 g/mol. The minimum Gasteiger partial charge on any atom is -0.456 e. The fraction of sp³-hybridized carbons (Fsp3) is 0. The zero-order valence-electron chi connectivity index (χ0n) is 29.4. The number of aromatic nitrogens is 5. The molecule has 4 aromatic heterocycles. The van der Waals surface area contributed by atoms with Crippen LogP contribution in [-0.2, 0) is 0 Å². The molecular weight excluding hydrogens is 675 g/mol. The molecule has 0 amide bonds. The first kappa shape index (κ1) is 29.9. The zero-order valence-corrected chi connectivity index (χ0v) is 29.4. The van der Waals surface area contributed by atoms with Crippen LogP contribution in [0.4, 0.5) is 0 Å². The highest BCUT2D eigenvalue weighted by Crippen LogP contribution is 2.42. The maximum Gasteiger partial charge on any atom is 0.164 e. The third-order valence-electron chi connectivity index (χ3n) is 11.0. The van der Waals surface area contributed by atoms with Crippen LogP contribution < -0.4 is 0 Å². The van der Waals surface area contributed by atoms with Gasteiger partial charge >= 0.3 is 0 Å². The molecule has 0 unspecified atom stereocenters. The summed E-state index contributed by atoms with van der Waals surface area (Å²) in [7, 11) is 0. The minimum atomic E-state index is 0.598. The molecule has 6 nitrogen and oxygen atoms in total. The first-order valence-electron chi connectivity index (χ1n) is 18.4. The Kier molecular flexibility index (Phi) is 6.24. The van der Waals surface area contributed by atoms with Crippen LogP contribution in [0.5, 0.6) is 0 Å². The van der Waals surface area contributed by atoms with Crippen molar-refractivity contribution >= 4 is 76.3 Å². The van der Waals surface area contributed by atoms with Gasteiger partial charge in [-0.25, -0.2) is 15.0 Å². The molecule has 55 heavy (non-hydrogen) atoms. The maximum absolute atomic E-state index is 6.84. The van der Waals surface area contributed by atoms with Crippen molar-refractivity contribution in [1.29, 1.82) is 0 Å². The third-order valence-corrected chi connectivity index (χ3v) is 11.0. The van der Waals surface area contributed by atoms with E-state index in [1.54, 1.807) is 0 Å². The van der Waals surface area contributed by atoms with Crippen molar-refractivity contribution in [3.8, 4) is 39.9 Å². The molecule has 0 aliphatic rings. The van der Waals surface area contributed by atoms with E-state index in [4.69, 9.17) is 19.4 Å². The van der Waals surface area contributed by atoms with Crippen molar-refractivity contribution in [2.24, 2.45) is 0 Å². The van der Waals surface area contributed by atoms with Crippen LogP contribution in [0.2, 0.25) is 0 Å². The molecule has 12 aromatic rings. The largest absolute Gasteiger partial charge is 0.456 e. The van der Waals surface area contributed by atoms with Crippen LogP contribution in [0.25, 0.3) is 116 Å².